The van der Waals surface area contributed by atoms with Crippen LogP contribution in [0.1, 0.15) is 108 Å². The number of hydrogen-bond donors (Lipinski definition) is 4. The smallest absolute Gasteiger partial charge is 0.387 e. The van der Waals surface area contributed by atoms with Gasteiger partial charge in [0.25, 0.3) is 0 Å². The number of nitrogen functional groups attached to an aromatic ring is 1. The minimum atomic E-state index is -4.66. The maximum atomic E-state index is 13.0. The first kappa shape index (κ1) is 42.8. The first-order chi connectivity index (χ1) is 25.7. The predicted molar refractivity (Wildman–Crippen MR) is 199 cm³/mol. The molecular formula is C38H58N5O9P. The Bertz CT molecular complexity index is 1570. The number of aromatic nitrogens is 3. The van der Waals surface area contributed by atoms with Crippen LogP contribution in [0.5, 0.6) is 0 Å². The molecule has 1 aromatic carbocycles. The van der Waals surface area contributed by atoms with E-state index in [-0.39, 0.29) is 18.1 Å². The van der Waals surface area contributed by atoms with E-state index in [2.05, 4.69) is 17.0 Å². The van der Waals surface area contributed by atoms with Gasteiger partial charge in [0.15, 0.2) is 5.82 Å². The summed E-state index contributed by atoms with van der Waals surface area (Å²) in [5, 5.41) is 36.0. The minimum Gasteiger partial charge on any atom is -0.387 e. The lowest BCUT2D eigenvalue weighted by molar-refractivity contribution is -0.0658. The largest absolute Gasteiger partial charge is 0.472 e. The van der Waals surface area contributed by atoms with Crippen LogP contribution in [0.25, 0.3) is 5.52 Å². The first-order valence-corrected chi connectivity index (χ1v) is 20.6. The number of aliphatic hydroxyl groups excluding tert-OH is 2. The summed E-state index contributed by atoms with van der Waals surface area (Å²) in [6.07, 6.45) is 11.8. The molecule has 0 saturated carbocycles. The highest BCUT2D eigenvalue weighted by atomic mass is 31.2. The van der Waals surface area contributed by atoms with Crippen LogP contribution in [0.4, 0.5) is 5.82 Å². The second-order valence-electron chi connectivity index (χ2n) is 13.7. The fourth-order valence-corrected chi connectivity index (χ4v) is 7.25. The van der Waals surface area contributed by atoms with Crippen LogP contribution in [0, 0.1) is 11.3 Å². The Kier molecular flexibility index (Phi) is 18.1. The van der Waals surface area contributed by atoms with Crippen molar-refractivity contribution in [3.8, 4) is 6.07 Å². The summed E-state index contributed by atoms with van der Waals surface area (Å²) in [7, 11) is -4.66. The molecule has 4 rings (SSSR count). The topological polar surface area (TPSA) is 204 Å². The second kappa shape index (κ2) is 22.4. The van der Waals surface area contributed by atoms with Crippen molar-refractivity contribution in [3.63, 3.8) is 0 Å². The quantitative estimate of drug-likeness (QED) is 0.0494. The van der Waals surface area contributed by atoms with Gasteiger partial charge in [0.2, 0.25) is 5.60 Å². The third kappa shape index (κ3) is 13.1. The van der Waals surface area contributed by atoms with E-state index in [4.69, 9.17) is 29.0 Å². The van der Waals surface area contributed by atoms with E-state index in [0.717, 1.165) is 63.7 Å². The Morgan fingerprint density at radius 2 is 1.62 bits per heavy atom. The van der Waals surface area contributed by atoms with E-state index in [1.807, 2.05) is 36.4 Å². The lowest BCUT2D eigenvalue weighted by atomic mass is 9.92. The summed E-state index contributed by atoms with van der Waals surface area (Å²) < 4.78 is 42.6. The van der Waals surface area contributed by atoms with Gasteiger partial charge in [-0.1, -0.05) is 108 Å². The van der Waals surface area contributed by atoms with Crippen molar-refractivity contribution in [3.05, 3.63) is 60.0 Å². The van der Waals surface area contributed by atoms with Crippen LogP contribution in [-0.4, -0.2) is 80.5 Å². The Hall–Kier alpha value is -2.96. The zero-order chi connectivity index (χ0) is 37.9. The van der Waals surface area contributed by atoms with E-state index in [0.29, 0.717) is 18.5 Å². The summed E-state index contributed by atoms with van der Waals surface area (Å²) in [6.45, 7) is 3.41. The van der Waals surface area contributed by atoms with Gasteiger partial charge in [-0.15, -0.1) is 0 Å². The predicted octanol–water partition coefficient (Wildman–Crippen LogP) is 6.37. The molecule has 53 heavy (non-hydrogen) atoms. The molecule has 0 bridgehead atoms. The lowest BCUT2D eigenvalue weighted by Gasteiger charge is -2.24. The van der Waals surface area contributed by atoms with Crippen molar-refractivity contribution in [2.45, 2.75) is 133 Å². The van der Waals surface area contributed by atoms with Gasteiger partial charge in [-0.3, -0.25) is 9.05 Å². The fraction of sp³-hybridized carbons (Fsp3) is 0.658. The molecular weight excluding hydrogens is 701 g/mol. The first-order valence-electron chi connectivity index (χ1n) is 19.1. The van der Waals surface area contributed by atoms with E-state index in [9.17, 15) is 24.9 Å². The Morgan fingerprint density at radius 1 is 0.962 bits per heavy atom. The third-order valence-corrected chi connectivity index (χ3v) is 10.5. The number of fused-ring (bicyclic) bond motifs is 1. The third-order valence-electron chi connectivity index (χ3n) is 9.60. The molecule has 6 atom stereocenters. The molecule has 14 nitrogen and oxygen atoms in total. The number of benzene rings is 1. The summed E-state index contributed by atoms with van der Waals surface area (Å²) in [5.74, 6) is 0.141. The number of unbranched alkanes of at least 4 members (excludes halogenated alkanes) is 11. The van der Waals surface area contributed by atoms with Crippen molar-refractivity contribution in [2.24, 2.45) is 0 Å². The number of ether oxygens (including phenoxy) is 3. The van der Waals surface area contributed by atoms with Gasteiger partial charge >= 0.3 is 7.82 Å². The molecule has 1 aliphatic heterocycles. The molecule has 2 unspecified atom stereocenters. The summed E-state index contributed by atoms with van der Waals surface area (Å²) in [4.78, 5) is 14.5. The fourth-order valence-electron chi connectivity index (χ4n) is 6.48. The zero-order valence-electron chi connectivity index (χ0n) is 31.0. The average Bonchev–Trinajstić information content (AvgIpc) is 3.71. The van der Waals surface area contributed by atoms with Gasteiger partial charge < -0.3 is 35.1 Å². The van der Waals surface area contributed by atoms with Crippen LogP contribution in [0.2, 0.25) is 0 Å². The number of nitriles is 1. The molecule has 0 radical (unpaired) electrons. The molecule has 3 heterocycles. The maximum absolute atomic E-state index is 13.0. The molecule has 1 saturated heterocycles. The molecule has 15 heteroatoms. The molecule has 0 aliphatic carbocycles. The zero-order valence-corrected chi connectivity index (χ0v) is 31.9. The molecule has 1 aliphatic rings. The molecule has 294 valence electrons. The van der Waals surface area contributed by atoms with Gasteiger partial charge in [-0.05, 0) is 37.0 Å². The van der Waals surface area contributed by atoms with Gasteiger partial charge in [-0.25, -0.2) is 14.1 Å². The Labute approximate surface area is 313 Å². The molecule has 2 aromatic heterocycles. The SMILES string of the molecule is CCCCCCCCOCCCCCCCCC[C@H](COP(=O)(O)OC[C@H]1O[C@@](C#N)(c2ccc3c(N)ncnn23)[C@@H](O)C1O)OCc1ccccc1. The maximum Gasteiger partial charge on any atom is 0.472 e. The number of phosphoric ester groups is 1. The number of aliphatic hydroxyl groups is 2. The highest BCUT2D eigenvalue weighted by Gasteiger charge is 2.58. The highest BCUT2D eigenvalue weighted by Crippen LogP contribution is 2.46. The number of anilines is 1. The van der Waals surface area contributed by atoms with Gasteiger partial charge in [0.05, 0.1) is 31.6 Å². The lowest BCUT2D eigenvalue weighted by Crippen LogP contribution is -2.41. The average molecular weight is 760 g/mol. The van der Waals surface area contributed by atoms with Crippen LogP contribution in [0.3, 0.4) is 0 Å². The van der Waals surface area contributed by atoms with Gasteiger partial charge in [-0.2, -0.15) is 10.4 Å². The summed E-state index contributed by atoms with van der Waals surface area (Å²) in [6, 6.07) is 14.6. The second-order valence-corrected chi connectivity index (χ2v) is 15.2. The highest BCUT2D eigenvalue weighted by molar-refractivity contribution is 7.47. The minimum absolute atomic E-state index is 0.101. The van der Waals surface area contributed by atoms with Gasteiger partial charge in [0, 0.05) is 13.2 Å². The van der Waals surface area contributed by atoms with Crippen LogP contribution in [-0.2, 0) is 40.0 Å². The standard InChI is InChI=1S/C38H58N5O9P/c1-2-3-4-5-10-16-23-48-24-17-11-8-6-7-9-15-20-31(49-25-30-18-13-12-14-19-30)26-50-53(46,47)51-27-33-35(44)36(45)38(28-39,52-33)34-22-21-32-37(40)41-29-42-43(32)34/h12-14,18-19,21-22,29,31,33,35-36,44-45H,2-11,15-17,20,23-27H2,1H3,(H,46,47)(H2,40,41,42)/t31-,33-,35?,36+,38+/m1/s1. The molecule has 0 spiro atoms. The molecule has 1 fully saturated rings. The van der Waals surface area contributed by atoms with Crippen LogP contribution >= 0.6 is 7.82 Å². The Balaban J connectivity index is 1.18. The van der Waals surface area contributed by atoms with Crippen molar-refractivity contribution in [1.82, 2.24) is 14.6 Å². The van der Waals surface area contributed by atoms with Crippen molar-refractivity contribution in [1.29, 1.82) is 5.26 Å². The Morgan fingerprint density at radius 3 is 2.30 bits per heavy atom. The number of nitrogens with zero attached hydrogens (tertiary/aromatic N) is 4. The van der Waals surface area contributed by atoms with Crippen molar-refractivity contribution >= 4 is 19.2 Å². The number of phosphoric acid groups is 1. The molecule has 0 amide bonds. The van der Waals surface area contributed by atoms with Crippen LogP contribution in [0.15, 0.2) is 48.8 Å². The number of rotatable bonds is 27. The summed E-state index contributed by atoms with van der Waals surface area (Å²) in [5.41, 5.74) is 5.28. The van der Waals surface area contributed by atoms with E-state index in [1.54, 1.807) is 6.07 Å². The molecule has 3 aromatic rings. The van der Waals surface area contributed by atoms with Crippen LogP contribution < -0.4 is 5.73 Å². The molecule has 5 N–H and O–H groups in total. The number of hydrogen-bond acceptors (Lipinski definition) is 12. The van der Waals surface area contributed by atoms with E-state index in [1.165, 1.54) is 55.4 Å². The van der Waals surface area contributed by atoms with E-state index < -0.39 is 44.4 Å². The van der Waals surface area contributed by atoms with Crippen molar-refractivity contribution in [2.75, 3.05) is 32.2 Å². The van der Waals surface area contributed by atoms with Crippen molar-refractivity contribution < 1.29 is 42.9 Å². The normalized spacial score (nSPS) is 21.8. The van der Waals surface area contributed by atoms with E-state index >= 15 is 0 Å². The number of nitrogens with two attached hydrogens (primary N) is 1. The summed E-state index contributed by atoms with van der Waals surface area (Å²) >= 11 is 0. The monoisotopic (exact) mass is 759 g/mol. The van der Waals surface area contributed by atoms with Gasteiger partial charge in [0.1, 0.15) is 36.2 Å².